The van der Waals surface area contributed by atoms with Crippen LogP contribution in [0.4, 0.5) is 5.82 Å². The van der Waals surface area contributed by atoms with Crippen LogP contribution in [0, 0.1) is 16.7 Å². The zero-order chi connectivity index (χ0) is 14.5. The smallest absolute Gasteiger partial charge is 0.224 e. The molecule has 0 amide bonds. The monoisotopic (exact) mass is 289 g/mol. The zero-order valence-corrected chi connectivity index (χ0v) is 13.1. The molecule has 1 saturated carbocycles. The number of benzene rings is 1. The predicted molar refractivity (Wildman–Crippen MR) is 84.1 cm³/mol. The fourth-order valence-corrected chi connectivity index (χ4v) is 3.40. The minimum absolute atomic E-state index is 0.292. The van der Waals surface area contributed by atoms with Crippen molar-refractivity contribution < 1.29 is 0 Å². The molecule has 3 nitrogen and oxygen atoms in total. The van der Waals surface area contributed by atoms with E-state index in [4.69, 9.17) is 11.6 Å². The molecule has 0 radical (unpaired) electrons. The van der Waals surface area contributed by atoms with Crippen molar-refractivity contribution in [3.63, 3.8) is 0 Å². The molecule has 106 valence electrons. The van der Waals surface area contributed by atoms with E-state index in [1.807, 2.05) is 24.3 Å². The van der Waals surface area contributed by atoms with Crippen molar-refractivity contribution in [2.45, 2.75) is 27.7 Å². The third-order valence-electron chi connectivity index (χ3n) is 5.37. The Morgan fingerprint density at radius 3 is 2.40 bits per heavy atom. The van der Waals surface area contributed by atoms with Crippen LogP contribution in [0.15, 0.2) is 24.3 Å². The number of anilines is 1. The predicted octanol–water partition coefficient (Wildman–Crippen LogP) is 4.38. The van der Waals surface area contributed by atoms with Gasteiger partial charge in [-0.3, -0.25) is 0 Å². The first kappa shape index (κ1) is 13.6. The highest BCUT2D eigenvalue weighted by Gasteiger charge is 2.64. The lowest BCUT2D eigenvalue weighted by molar-refractivity contribution is 0.457. The molecule has 3 rings (SSSR count). The van der Waals surface area contributed by atoms with Gasteiger partial charge in [-0.05, 0) is 40.5 Å². The van der Waals surface area contributed by atoms with Gasteiger partial charge < -0.3 is 5.32 Å². The minimum atomic E-state index is 0.292. The number of rotatable bonds is 3. The Kier molecular flexibility index (Phi) is 2.94. The molecule has 0 unspecified atom stereocenters. The average Bonchev–Trinajstić information content (AvgIpc) is 2.76. The Morgan fingerprint density at radius 2 is 1.75 bits per heavy atom. The molecule has 1 aliphatic carbocycles. The maximum absolute atomic E-state index is 6.00. The van der Waals surface area contributed by atoms with Crippen LogP contribution < -0.4 is 5.32 Å². The third kappa shape index (κ3) is 1.96. The Bertz CT molecular complexity index is 650. The molecule has 1 aliphatic rings. The van der Waals surface area contributed by atoms with E-state index in [-0.39, 0.29) is 0 Å². The maximum Gasteiger partial charge on any atom is 0.224 e. The highest BCUT2D eigenvalue weighted by molar-refractivity contribution is 6.28. The van der Waals surface area contributed by atoms with Crippen LogP contribution in [0.25, 0.3) is 10.9 Å². The Hall–Kier alpha value is -1.35. The molecule has 1 aromatic heterocycles. The zero-order valence-electron chi connectivity index (χ0n) is 12.4. The van der Waals surface area contributed by atoms with Crippen molar-refractivity contribution in [3.8, 4) is 0 Å². The molecule has 0 aliphatic heterocycles. The summed E-state index contributed by atoms with van der Waals surface area (Å²) in [5.74, 6) is 1.47. The van der Waals surface area contributed by atoms with E-state index < -0.39 is 0 Å². The Balaban J connectivity index is 1.86. The normalized spacial score (nSPS) is 20.1. The summed E-state index contributed by atoms with van der Waals surface area (Å²) in [4.78, 5) is 8.59. The fourth-order valence-electron chi connectivity index (χ4n) is 3.23. The third-order valence-corrected chi connectivity index (χ3v) is 5.54. The molecule has 20 heavy (non-hydrogen) atoms. The van der Waals surface area contributed by atoms with Gasteiger partial charge in [-0.1, -0.05) is 39.8 Å². The van der Waals surface area contributed by atoms with Gasteiger partial charge in [-0.2, -0.15) is 0 Å². The van der Waals surface area contributed by atoms with Crippen LogP contribution in [-0.4, -0.2) is 16.5 Å². The molecular weight excluding hydrogens is 270 g/mol. The first-order valence-corrected chi connectivity index (χ1v) is 7.38. The summed E-state index contributed by atoms with van der Waals surface area (Å²) >= 11 is 6.00. The highest BCUT2D eigenvalue weighted by Crippen LogP contribution is 2.68. The number of nitrogens with one attached hydrogen (secondary N) is 1. The molecule has 0 bridgehead atoms. The molecule has 0 atom stereocenters. The minimum Gasteiger partial charge on any atom is -0.369 e. The highest BCUT2D eigenvalue weighted by atomic mass is 35.5. The van der Waals surface area contributed by atoms with E-state index in [1.165, 1.54) is 0 Å². The average molecular weight is 290 g/mol. The van der Waals surface area contributed by atoms with E-state index in [1.54, 1.807) is 0 Å². The van der Waals surface area contributed by atoms with Gasteiger partial charge in [-0.15, -0.1) is 0 Å². The first-order chi connectivity index (χ1) is 9.34. The molecule has 4 heteroatoms. The summed E-state index contributed by atoms with van der Waals surface area (Å²) in [6, 6.07) is 7.94. The summed E-state index contributed by atoms with van der Waals surface area (Å²) in [7, 11) is 0. The Morgan fingerprint density at radius 1 is 1.10 bits per heavy atom. The second kappa shape index (κ2) is 4.32. The molecule has 1 heterocycles. The maximum atomic E-state index is 6.00. The van der Waals surface area contributed by atoms with Gasteiger partial charge in [0.05, 0.1) is 5.52 Å². The quantitative estimate of drug-likeness (QED) is 0.852. The number of halogens is 1. The van der Waals surface area contributed by atoms with Gasteiger partial charge in [0.15, 0.2) is 0 Å². The SMILES string of the molecule is CC1(C)C(CNc2nc(Cl)nc3ccccc23)C1(C)C. The summed E-state index contributed by atoms with van der Waals surface area (Å²) in [5.41, 5.74) is 1.61. The number of nitrogens with zero attached hydrogens (tertiary/aromatic N) is 2. The van der Waals surface area contributed by atoms with Gasteiger partial charge >= 0.3 is 0 Å². The second-order valence-corrected chi connectivity index (χ2v) is 7.07. The molecule has 1 aromatic carbocycles. The second-order valence-electron chi connectivity index (χ2n) is 6.74. The van der Waals surface area contributed by atoms with Crippen molar-refractivity contribution in [2.75, 3.05) is 11.9 Å². The lowest BCUT2D eigenvalue weighted by atomic mass is 10.0. The number of hydrogen-bond donors (Lipinski definition) is 1. The number of para-hydroxylation sites is 1. The largest absolute Gasteiger partial charge is 0.369 e. The molecule has 2 aromatic rings. The molecule has 1 N–H and O–H groups in total. The molecule has 0 saturated heterocycles. The van der Waals surface area contributed by atoms with E-state index in [0.29, 0.717) is 22.0 Å². The molecule has 0 spiro atoms. The standard InChI is InChI=1S/C16H20ClN3/c1-15(2)12(16(15,3)4)9-18-13-10-7-5-6-8-11(10)19-14(17)20-13/h5-8,12H,9H2,1-4H3,(H,18,19,20). The fraction of sp³-hybridized carbons (Fsp3) is 0.500. The summed E-state index contributed by atoms with van der Waals surface area (Å²) < 4.78 is 0. The van der Waals surface area contributed by atoms with Crippen molar-refractivity contribution in [3.05, 3.63) is 29.5 Å². The number of hydrogen-bond acceptors (Lipinski definition) is 3. The van der Waals surface area contributed by atoms with Crippen LogP contribution in [0.2, 0.25) is 5.28 Å². The van der Waals surface area contributed by atoms with E-state index in [0.717, 1.165) is 23.3 Å². The van der Waals surface area contributed by atoms with Gasteiger partial charge in [-0.25, -0.2) is 9.97 Å². The lowest BCUT2D eigenvalue weighted by Crippen LogP contribution is -2.10. The van der Waals surface area contributed by atoms with Crippen LogP contribution in [0.3, 0.4) is 0 Å². The van der Waals surface area contributed by atoms with Crippen molar-refractivity contribution >= 4 is 28.3 Å². The molecule has 1 fully saturated rings. The summed E-state index contributed by atoms with van der Waals surface area (Å²) in [5, 5.41) is 4.78. The van der Waals surface area contributed by atoms with Gasteiger partial charge in [0.2, 0.25) is 5.28 Å². The van der Waals surface area contributed by atoms with Crippen LogP contribution in [0.5, 0.6) is 0 Å². The summed E-state index contributed by atoms with van der Waals surface area (Å²) in [6.07, 6.45) is 0. The van der Waals surface area contributed by atoms with E-state index in [2.05, 4.69) is 43.0 Å². The summed E-state index contributed by atoms with van der Waals surface area (Å²) in [6.45, 7) is 10.2. The first-order valence-electron chi connectivity index (χ1n) is 7.00. The molecular formula is C16H20ClN3. The van der Waals surface area contributed by atoms with Crippen LogP contribution >= 0.6 is 11.6 Å². The van der Waals surface area contributed by atoms with Gasteiger partial charge in [0.25, 0.3) is 0 Å². The lowest BCUT2D eigenvalue weighted by Gasteiger charge is -2.10. The van der Waals surface area contributed by atoms with E-state index in [9.17, 15) is 0 Å². The number of fused-ring (bicyclic) bond motifs is 1. The van der Waals surface area contributed by atoms with Gasteiger partial charge in [0, 0.05) is 11.9 Å². The topological polar surface area (TPSA) is 37.8 Å². The van der Waals surface area contributed by atoms with Crippen LogP contribution in [0.1, 0.15) is 27.7 Å². The number of aromatic nitrogens is 2. The van der Waals surface area contributed by atoms with Crippen molar-refractivity contribution in [2.24, 2.45) is 16.7 Å². The van der Waals surface area contributed by atoms with Crippen LogP contribution in [-0.2, 0) is 0 Å². The Labute approximate surface area is 124 Å². The van der Waals surface area contributed by atoms with Gasteiger partial charge in [0.1, 0.15) is 5.82 Å². The van der Waals surface area contributed by atoms with Crippen molar-refractivity contribution in [1.82, 2.24) is 9.97 Å². The van der Waals surface area contributed by atoms with Crippen molar-refractivity contribution in [1.29, 1.82) is 0 Å². The van der Waals surface area contributed by atoms with E-state index >= 15 is 0 Å².